The van der Waals surface area contributed by atoms with Crippen LogP contribution in [-0.2, 0) is 9.59 Å². The predicted molar refractivity (Wildman–Crippen MR) is 74.0 cm³/mol. The summed E-state index contributed by atoms with van der Waals surface area (Å²) in [5, 5.41) is 12.2. The van der Waals surface area contributed by atoms with Gasteiger partial charge in [0.2, 0.25) is 5.91 Å². The van der Waals surface area contributed by atoms with Crippen molar-refractivity contribution in [2.75, 3.05) is 13.1 Å². The molecule has 0 radical (unpaired) electrons. The Morgan fingerprint density at radius 2 is 1.95 bits per heavy atom. The van der Waals surface area contributed by atoms with Crippen molar-refractivity contribution in [1.29, 1.82) is 0 Å². The van der Waals surface area contributed by atoms with Crippen molar-refractivity contribution in [2.45, 2.75) is 64.5 Å². The lowest BCUT2D eigenvalue weighted by Crippen LogP contribution is -2.48. The molecule has 1 aliphatic heterocycles. The largest absolute Gasteiger partial charge is 0.480 e. The van der Waals surface area contributed by atoms with Gasteiger partial charge < -0.3 is 10.4 Å². The molecule has 1 unspecified atom stereocenters. The van der Waals surface area contributed by atoms with Gasteiger partial charge in [0.25, 0.3) is 0 Å². The summed E-state index contributed by atoms with van der Waals surface area (Å²) in [6, 6.07) is -0.308. The van der Waals surface area contributed by atoms with Crippen LogP contribution in [0.5, 0.6) is 0 Å². The number of hydrogen-bond donors (Lipinski definition) is 2. The minimum atomic E-state index is -0.808. The van der Waals surface area contributed by atoms with Crippen LogP contribution in [0.4, 0.5) is 0 Å². The summed E-state index contributed by atoms with van der Waals surface area (Å²) in [6.45, 7) is 4.99. The lowest BCUT2D eigenvalue weighted by Gasteiger charge is -2.26. The van der Waals surface area contributed by atoms with Gasteiger partial charge in [-0.05, 0) is 32.2 Å². The van der Waals surface area contributed by atoms with Crippen molar-refractivity contribution in [3.05, 3.63) is 0 Å². The molecule has 0 aromatic carbocycles. The number of hydrogen-bond acceptors (Lipinski definition) is 3. The average molecular weight is 270 g/mol. The van der Waals surface area contributed by atoms with E-state index in [1.54, 1.807) is 0 Å². The maximum Gasteiger partial charge on any atom is 0.320 e. The Kier molecular flexibility index (Phi) is 6.84. The number of likely N-dealkylation sites (tertiary alicyclic amines) is 1. The van der Waals surface area contributed by atoms with Gasteiger partial charge in [0.15, 0.2) is 0 Å². The van der Waals surface area contributed by atoms with E-state index in [1.165, 1.54) is 0 Å². The molecule has 1 amide bonds. The highest BCUT2D eigenvalue weighted by Crippen LogP contribution is 2.16. The summed E-state index contributed by atoms with van der Waals surface area (Å²) in [6.07, 6.45) is 5.42. The van der Waals surface area contributed by atoms with Crippen molar-refractivity contribution >= 4 is 11.9 Å². The molecule has 2 N–H and O–H groups in total. The van der Waals surface area contributed by atoms with Gasteiger partial charge in [-0.1, -0.05) is 26.7 Å². The van der Waals surface area contributed by atoms with E-state index >= 15 is 0 Å². The number of rotatable bonds is 6. The van der Waals surface area contributed by atoms with Gasteiger partial charge in [-0.2, -0.15) is 0 Å². The van der Waals surface area contributed by atoms with E-state index in [4.69, 9.17) is 0 Å². The Hall–Kier alpha value is -1.10. The van der Waals surface area contributed by atoms with Crippen molar-refractivity contribution in [3.63, 3.8) is 0 Å². The Morgan fingerprint density at radius 1 is 1.26 bits per heavy atom. The summed E-state index contributed by atoms with van der Waals surface area (Å²) in [5.74, 6) is -0.862. The van der Waals surface area contributed by atoms with Crippen LogP contribution >= 0.6 is 0 Å². The monoisotopic (exact) mass is 270 g/mol. The van der Waals surface area contributed by atoms with E-state index in [0.717, 1.165) is 32.1 Å². The smallest absolute Gasteiger partial charge is 0.320 e. The maximum atomic E-state index is 12.0. The quantitative estimate of drug-likeness (QED) is 0.769. The molecule has 5 nitrogen and oxygen atoms in total. The second-order valence-electron chi connectivity index (χ2n) is 5.25. The van der Waals surface area contributed by atoms with E-state index in [1.807, 2.05) is 18.7 Å². The van der Waals surface area contributed by atoms with Crippen LogP contribution in [0.1, 0.15) is 52.4 Å². The van der Waals surface area contributed by atoms with Crippen LogP contribution < -0.4 is 5.32 Å². The molecule has 5 heteroatoms. The number of nitrogens with zero attached hydrogens (tertiary/aromatic N) is 1. The first-order valence-electron chi connectivity index (χ1n) is 7.34. The zero-order valence-corrected chi connectivity index (χ0v) is 12.0. The first-order chi connectivity index (χ1) is 9.08. The number of aliphatic carboxylic acids is 1. The Morgan fingerprint density at radius 3 is 2.53 bits per heavy atom. The molecule has 0 aromatic rings. The van der Waals surface area contributed by atoms with Gasteiger partial charge in [0.05, 0.1) is 6.54 Å². The van der Waals surface area contributed by atoms with Crippen LogP contribution in [0.2, 0.25) is 0 Å². The SMILES string of the molecule is CCC(CC)NC(=O)CN1CCCCCC1C(=O)O. The highest BCUT2D eigenvalue weighted by Gasteiger charge is 2.28. The first-order valence-corrected chi connectivity index (χ1v) is 7.34. The minimum Gasteiger partial charge on any atom is -0.480 e. The lowest BCUT2D eigenvalue weighted by atomic mass is 10.1. The summed E-state index contributed by atoms with van der Waals surface area (Å²) in [7, 11) is 0. The van der Waals surface area contributed by atoms with Crippen molar-refractivity contribution in [3.8, 4) is 0 Å². The van der Waals surface area contributed by atoms with Gasteiger partial charge in [-0.25, -0.2) is 0 Å². The molecule has 19 heavy (non-hydrogen) atoms. The van der Waals surface area contributed by atoms with Gasteiger partial charge >= 0.3 is 5.97 Å². The molecule has 0 saturated carbocycles. The summed E-state index contributed by atoms with van der Waals surface area (Å²) in [4.78, 5) is 25.0. The number of amides is 1. The number of carbonyl (C=O) groups is 2. The molecular formula is C14H26N2O3. The fourth-order valence-corrected chi connectivity index (χ4v) is 2.59. The summed E-state index contributed by atoms with van der Waals surface area (Å²) < 4.78 is 0. The van der Waals surface area contributed by atoms with Crippen LogP contribution in [0.3, 0.4) is 0 Å². The fourth-order valence-electron chi connectivity index (χ4n) is 2.59. The van der Waals surface area contributed by atoms with Gasteiger partial charge in [-0.3, -0.25) is 14.5 Å². The van der Waals surface area contributed by atoms with E-state index in [9.17, 15) is 14.7 Å². The molecule has 0 spiro atoms. The number of carbonyl (C=O) groups excluding carboxylic acids is 1. The molecule has 1 atom stereocenters. The summed E-state index contributed by atoms with van der Waals surface area (Å²) in [5.41, 5.74) is 0. The van der Waals surface area contributed by atoms with Gasteiger partial charge in [-0.15, -0.1) is 0 Å². The third kappa shape index (κ3) is 5.19. The van der Waals surface area contributed by atoms with Gasteiger partial charge in [0, 0.05) is 6.04 Å². The van der Waals surface area contributed by atoms with Crippen LogP contribution in [0, 0.1) is 0 Å². The molecular weight excluding hydrogens is 244 g/mol. The van der Waals surface area contributed by atoms with Crippen LogP contribution in [-0.4, -0.2) is 47.1 Å². The Bertz CT molecular complexity index is 303. The Labute approximate surface area is 115 Å². The third-order valence-corrected chi connectivity index (χ3v) is 3.85. The molecule has 1 aliphatic rings. The number of carboxylic acid groups (broad SMARTS) is 1. The number of carboxylic acids is 1. The molecule has 1 fully saturated rings. The first kappa shape index (κ1) is 16.0. The van der Waals surface area contributed by atoms with Crippen LogP contribution in [0.15, 0.2) is 0 Å². The predicted octanol–water partition coefficient (Wildman–Crippen LogP) is 1.62. The molecule has 1 saturated heterocycles. The second-order valence-corrected chi connectivity index (χ2v) is 5.25. The topological polar surface area (TPSA) is 69.6 Å². The Balaban J connectivity index is 2.55. The van der Waals surface area contributed by atoms with Crippen LogP contribution in [0.25, 0.3) is 0 Å². The number of nitrogens with one attached hydrogen (secondary N) is 1. The van der Waals surface area contributed by atoms with Crippen molar-refractivity contribution in [1.82, 2.24) is 10.2 Å². The molecule has 110 valence electrons. The standard InChI is InChI=1S/C14H26N2O3/c1-3-11(4-2)15-13(17)10-16-9-7-5-6-8-12(16)14(18)19/h11-12H,3-10H2,1-2H3,(H,15,17)(H,18,19). The fraction of sp³-hybridized carbons (Fsp3) is 0.857. The molecule has 0 bridgehead atoms. The van der Waals surface area contributed by atoms with Crippen molar-refractivity contribution in [2.24, 2.45) is 0 Å². The van der Waals surface area contributed by atoms with Crippen molar-refractivity contribution < 1.29 is 14.7 Å². The highest BCUT2D eigenvalue weighted by molar-refractivity contribution is 5.80. The second kappa shape index (κ2) is 8.15. The van der Waals surface area contributed by atoms with E-state index < -0.39 is 12.0 Å². The van der Waals surface area contributed by atoms with E-state index in [2.05, 4.69) is 5.32 Å². The van der Waals surface area contributed by atoms with E-state index in [-0.39, 0.29) is 18.5 Å². The molecule has 1 rings (SSSR count). The molecule has 1 heterocycles. The van der Waals surface area contributed by atoms with Gasteiger partial charge in [0.1, 0.15) is 6.04 Å². The molecule has 0 aromatic heterocycles. The molecule has 0 aliphatic carbocycles. The zero-order valence-electron chi connectivity index (χ0n) is 12.0. The third-order valence-electron chi connectivity index (χ3n) is 3.85. The minimum absolute atomic E-state index is 0.0538. The van der Waals surface area contributed by atoms with E-state index in [0.29, 0.717) is 13.0 Å². The normalized spacial score (nSPS) is 21.1. The highest BCUT2D eigenvalue weighted by atomic mass is 16.4. The summed E-state index contributed by atoms with van der Waals surface area (Å²) >= 11 is 0. The zero-order chi connectivity index (χ0) is 14.3. The average Bonchev–Trinajstić information content (AvgIpc) is 2.61. The maximum absolute atomic E-state index is 12.0. The lowest BCUT2D eigenvalue weighted by molar-refractivity contribution is -0.144.